The summed E-state index contributed by atoms with van der Waals surface area (Å²) in [6.45, 7) is 2.19. The predicted molar refractivity (Wildman–Crippen MR) is 265 cm³/mol. The molecule has 2 unspecified atom stereocenters. The zero-order valence-electron chi connectivity index (χ0n) is 34.4. The van der Waals surface area contributed by atoms with E-state index >= 15 is 0 Å². The van der Waals surface area contributed by atoms with Crippen LogP contribution >= 0.6 is 0 Å². The third-order valence-electron chi connectivity index (χ3n) is 13.2. The van der Waals surface area contributed by atoms with Crippen LogP contribution in [-0.2, 0) is 0 Å². The second-order valence-electron chi connectivity index (χ2n) is 16.5. The Bertz CT molecular complexity index is 3480. The van der Waals surface area contributed by atoms with E-state index < -0.39 is 0 Å². The molecule has 0 bridgehead atoms. The van der Waals surface area contributed by atoms with Crippen LogP contribution in [0.4, 0.5) is 11.4 Å². The summed E-state index contributed by atoms with van der Waals surface area (Å²) in [6.07, 6.45) is 8.62. The van der Waals surface area contributed by atoms with Crippen molar-refractivity contribution in [3.8, 4) is 33.4 Å². The molecule has 2 heteroatoms. The quantitative estimate of drug-likeness (QED) is 0.121. The van der Waals surface area contributed by atoms with Gasteiger partial charge in [-0.2, -0.15) is 0 Å². The largest absolute Gasteiger partial charge is 0.332 e. The van der Waals surface area contributed by atoms with Crippen LogP contribution in [0.5, 0.6) is 0 Å². The molecule has 12 rings (SSSR count). The lowest BCUT2D eigenvalue weighted by Gasteiger charge is -2.28. The van der Waals surface area contributed by atoms with Crippen molar-refractivity contribution in [1.29, 1.82) is 0 Å². The first kappa shape index (κ1) is 36.1. The fraction of sp³-hybridized carbons (Fsp3) is 0.0500. The number of dihydropyridines is 1. The molecule has 0 fully saturated rings. The molecular formula is C60H42N2. The Labute approximate surface area is 362 Å². The van der Waals surface area contributed by atoms with Gasteiger partial charge in [-0.1, -0.05) is 182 Å². The number of hydrogen-bond donors (Lipinski definition) is 0. The van der Waals surface area contributed by atoms with Crippen molar-refractivity contribution in [3.05, 3.63) is 235 Å². The molecular weight excluding hydrogens is 749 g/mol. The number of rotatable bonds is 6. The average Bonchev–Trinajstić information content (AvgIpc) is 3.68. The highest BCUT2D eigenvalue weighted by Gasteiger charge is 2.38. The van der Waals surface area contributed by atoms with E-state index in [2.05, 4.69) is 230 Å². The van der Waals surface area contributed by atoms with E-state index in [0.717, 1.165) is 0 Å². The van der Waals surface area contributed by atoms with Gasteiger partial charge in [0.1, 0.15) is 6.04 Å². The van der Waals surface area contributed by atoms with E-state index in [9.17, 15) is 0 Å². The lowest BCUT2D eigenvalue weighted by molar-refractivity contribution is 0.667. The molecule has 0 amide bonds. The minimum Gasteiger partial charge on any atom is -0.332 e. The third-order valence-corrected chi connectivity index (χ3v) is 13.2. The molecule has 0 N–H and O–H groups in total. The van der Waals surface area contributed by atoms with Crippen LogP contribution in [0.3, 0.4) is 0 Å². The first-order valence-electron chi connectivity index (χ1n) is 21.6. The van der Waals surface area contributed by atoms with Crippen molar-refractivity contribution >= 4 is 66.3 Å². The molecule has 0 saturated heterocycles. The highest BCUT2D eigenvalue weighted by molar-refractivity contribution is 6.25. The van der Waals surface area contributed by atoms with Crippen molar-refractivity contribution in [2.45, 2.75) is 19.0 Å². The summed E-state index contributed by atoms with van der Waals surface area (Å²) in [7, 11) is 0. The van der Waals surface area contributed by atoms with Gasteiger partial charge in [0.05, 0.1) is 6.04 Å². The Morgan fingerprint density at radius 3 is 2.00 bits per heavy atom. The van der Waals surface area contributed by atoms with Crippen LogP contribution in [0.2, 0.25) is 0 Å². The summed E-state index contributed by atoms with van der Waals surface area (Å²) >= 11 is 0. The highest BCUT2D eigenvalue weighted by Crippen LogP contribution is 2.50. The van der Waals surface area contributed by atoms with Gasteiger partial charge in [0.25, 0.3) is 0 Å². The first-order valence-corrected chi connectivity index (χ1v) is 21.6. The molecule has 292 valence electrons. The van der Waals surface area contributed by atoms with Gasteiger partial charge in [-0.3, -0.25) is 4.99 Å². The number of para-hydroxylation sites is 1. The first-order chi connectivity index (χ1) is 30.7. The number of hydrogen-bond acceptors (Lipinski definition) is 2. The van der Waals surface area contributed by atoms with Crippen molar-refractivity contribution in [3.63, 3.8) is 0 Å². The van der Waals surface area contributed by atoms with E-state index in [4.69, 9.17) is 4.99 Å². The fourth-order valence-corrected chi connectivity index (χ4v) is 10.5. The topological polar surface area (TPSA) is 15.6 Å². The lowest BCUT2D eigenvalue weighted by Crippen LogP contribution is -2.28. The van der Waals surface area contributed by atoms with Gasteiger partial charge in [0.15, 0.2) is 0 Å². The maximum absolute atomic E-state index is 4.90. The Balaban J connectivity index is 1.11. The third kappa shape index (κ3) is 5.68. The Morgan fingerprint density at radius 1 is 0.500 bits per heavy atom. The molecule has 0 aliphatic carbocycles. The summed E-state index contributed by atoms with van der Waals surface area (Å²) in [5.41, 5.74) is 14.7. The van der Waals surface area contributed by atoms with E-state index in [0.29, 0.717) is 0 Å². The van der Waals surface area contributed by atoms with Crippen molar-refractivity contribution in [2.24, 2.45) is 4.99 Å². The predicted octanol–water partition coefficient (Wildman–Crippen LogP) is 16.0. The molecule has 2 nitrogen and oxygen atoms in total. The SMILES string of the molecule is C/C=C(\c1ccccc1-c1ccccc1)c1c2ccccc2c(-c2cc3ccccc3c3ccccc23)c2cc(-c3ccc(N4c5ccccc5C5N=CC=CC54)cc3)ccc12. The molecule has 0 spiro atoms. The minimum atomic E-state index is 0.103. The highest BCUT2D eigenvalue weighted by atomic mass is 15.2. The Morgan fingerprint density at radius 2 is 1.16 bits per heavy atom. The zero-order valence-corrected chi connectivity index (χ0v) is 34.4. The second-order valence-corrected chi connectivity index (χ2v) is 16.5. The Kier molecular flexibility index (Phi) is 8.57. The van der Waals surface area contributed by atoms with Gasteiger partial charge in [-0.15, -0.1) is 0 Å². The second kappa shape index (κ2) is 14.7. The number of anilines is 2. The number of allylic oxidation sites excluding steroid dienone is 2. The summed E-state index contributed by atoms with van der Waals surface area (Å²) in [6, 6.07) is 74.2. The molecule has 10 aromatic rings. The molecule has 0 saturated carbocycles. The van der Waals surface area contributed by atoms with E-state index in [1.807, 2.05) is 6.21 Å². The van der Waals surface area contributed by atoms with Gasteiger partial charge >= 0.3 is 0 Å². The molecule has 2 atom stereocenters. The van der Waals surface area contributed by atoms with Gasteiger partial charge < -0.3 is 4.90 Å². The summed E-state index contributed by atoms with van der Waals surface area (Å²) in [5.74, 6) is 0. The number of aliphatic imine (C=N–C) groups is 1. The standard InChI is InChI=1S/C60H42N2/c1-2-44(47-22-9-8-20-45(47)40-17-4-3-5-18-40)58-50-25-12-13-26-51(50)59(54-38-42-19-6-7-21-46(42)48-23-10-11-24-49(48)54)55-37-41(32-35-52(55)58)39-30-33-43(34-31-39)62-56-28-15-14-27-53(56)60-57(62)29-16-36-61-60/h2-38,57,60H,1H3/b44-2+. The van der Waals surface area contributed by atoms with Crippen LogP contribution in [0.15, 0.2) is 223 Å². The number of fused-ring (bicyclic) bond motifs is 8. The average molecular weight is 791 g/mol. The van der Waals surface area contributed by atoms with Gasteiger partial charge in [0.2, 0.25) is 0 Å². The monoisotopic (exact) mass is 790 g/mol. The van der Waals surface area contributed by atoms with Crippen LogP contribution in [0, 0.1) is 0 Å². The molecule has 2 aliphatic heterocycles. The molecule has 2 aliphatic rings. The number of benzene rings is 10. The van der Waals surface area contributed by atoms with E-state index in [1.54, 1.807) is 0 Å². The van der Waals surface area contributed by atoms with Gasteiger partial charge in [-0.25, -0.2) is 0 Å². The van der Waals surface area contributed by atoms with Crippen LogP contribution < -0.4 is 4.90 Å². The molecule has 0 aromatic heterocycles. The van der Waals surface area contributed by atoms with Crippen LogP contribution in [-0.4, -0.2) is 12.3 Å². The summed E-state index contributed by atoms with van der Waals surface area (Å²) in [5, 5.41) is 9.99. The lowest BCUT2D eigenvalue weighted by atomic mass is 9.80. The maximum atomic E-state index is 4.90. The van der Waals surface area contributed by atoms with E-state index in [1.165, 1.54) is 110 Å². The molecule has 62 heavy (non-hydrogen) atoms. The molecule has 2 heterocycles. The summed E-state index contributed by atoms with van der Waals surface area (Å²) < 4.78 is 0. The fourth-order valence-electron chi connectivity index (χ4n) is 10.5. The Hall–Kier alpha value is -7.81. The maximum Gasteiger partial charge on any atom is 0.101 e. The normalized spacial score (nSPS) is 15.8. The number of nitrogens with zero attached hydrogens (tertiary/aromatic N) is 2. The van der Waals surface area contributed by atoms with Crippen LogP contribution in [0.25, 0.3) is 82.0 Å². The van der Waals surface area contributed by atoms with Crippen molar-refractivity contribution < 1.29 is 0 Å². The molecule has 0 radical (unpaired) electrons. The van der Waals surface area contributed by atoms with Gasteiger partial charge in [0, 0.05) is 23.2 Å². The summed E-state index contributed by atoms with van der Waals surface area (Å²) in [4.78, 5) is 7.35. The van der Waals surface area contributed by atoms with Crippen molar-refractivity contribution in [1.82, 2.24) is 0 Å². The van der Waals surface area contributed by atoms with E-state index in [-0.39, 0.29) is 12.1 Å². The molecule has 10 aromatic carbocycles. The van der Waals surface area contributed by atoms with Gasteiger partial charge in [-0.05, 0) is 137 Å². The smallest absolute Gasteiger partial charge is 0.101 e. The minimum absolute atomic E-state index is 0.103. The van der Waals surface area contributed by atoms with Crippen LogP contribution in [0.1, 0.15) is 29.7 Å². The van der Waals surface area contributed by atoms with Crippen molar-refractivity contribution in [2.75, 3.05) is 4.90 Å². The zero-order chi connectivity index (χ0) is 41.1.